The summed E-state index contributed by atoms with van der Waals surface area (Å²) in [5, 5.41) is 26.1. The van der Waals surface area contributed by atoms with Crippen LogP contribution in [0.15, 0.2) is 176 Å². The maximum Gasteiger partial charge on any atom is 0.343 e. The zero-order valence-corrected chi connectivity index (χ0v) is 35.5. The molecule has 0 heterocycles. The van der Waals surface area contributed by atoms with Gasteiger partial charge in [0.05, 0.1) is 50.8 Å². The molecular formula is C51H42N6O6. The number of hydrogen-bond donors (Lipinski definition) is 0. The van der Waals surface area contributed by atoms with Crippen LogP contribution in [0, 0.1) is 41.5 Å². The molecule has 7 aromatic carbocycles. The molecule has 0 aliphatic carbocycles. The molecule has 63 heavy (non-hydrogen) atoms. The number of carbonyl (C=O) groups is 3. The lowest BCUT2D eigenvalue weighted by molar-refractivity contribution is 0.0733. The monoisotopic (exact) mass is 834 g/mol. The summed E-state index contributed by atoms with van der Waals surface area (Å²) in [7, 11) is 0. The number of benzene rings is 7. The number of esters is 3. The Morgan fingerprint density at radius 2 is 0.587 bits per heavy atom. The zero-order chi connectivity index (χ0) is 44.5. The molecule has 0 aliphatic rings. The molecular weight excluding hydrogens is 793 g/mol. The third-order valence-corrected chi connectivity index (χ3v) is 9.89. The van der Waals surface area contributed by atoms with Crippen LogP contribution in [0.5, 0.6) is 17.2 Å². The summed E-state index contributed by atoms with van der Waals surface area (Å²) < 4.78 is 17.4. The van der Waals surface area contributed by atoms with Gasteiger partial charge in [-0.3, -0.25) is 0 Å². The first-order valence-electron chi connectivity index (χ1n) is 20.0. The topological polar surface area (TPSA) is 153 Å². The van der Waals surface area contributed by atoms with Gasteiger partial charge < -0.3 is 14.2 Å². The van der Waals surface area contributed by atoms with Crippen molar-refractivity contribution in [3.05, 3.63) is 196 Å². The Morgan fingerprint density at radius 1 is 0.317 bits per heavy atom. The van der Waals surface area contributed by atoms with Crippen molar-refractivity contribution >= 4 is 52.0 Å². The quantitative estimate of drug-likeness (QED) is 0.0678. The molecule has 0 bridgehead atoms. The smallest absolute Gasteiger partial charge is 0.343 e. The minimum atomic E-state index is -0.824. The highest BCUT2D eigenvalue weighted by molar-refractivity contribution is 6.02. The van der Waals surface area contributed by atoms with Gasteiger partial charge in [-0.05, 0) is 166 Å². The van der Waals surface area contributed by atoms with E-state index in [1.54, 1.807) is 75.4 Å². The maximum absolute atomic E-state index is 13.8. The first-order valence-corrected chi connectivity index (χ1v) is 20.0. The highest BCUT2D eigenvalue weighted by atomic mass is 16.5. The molecule has 7 rings (SSSR count). The summed E-state index contributed by atoms with van der Waals surface area (Å²) in [6.45, 7) is 11.1. The summed E-state index contributed by atoms with van der Waals surface area (Å²) >= 11 is 0. The lowest BCUT2D eigenvalue weighted by Gasteiger charge is -2.13. The highest BCUT2D eigenvalue weighted by Gasteiger charge is 2.22. The molecule has 12 nitrogen and oxygen atoms in total. The van der Waals surface area contributed by atoms with Crippen molar-refractivity contribution in [2.45, 2.75) is 41.5 Å². The van der Waals surface area contributed by atoms with Gasteiger partial charge in [0.1, 0.15) is 17.2 Å². The molecule has 0 aromatic heterocycles. The fourth-order valence-corrected chi connectivity index (χ4v) is 6.25. The van der Waals surface area contributed by atoms with Crippen molar-refractivity contribution in [1.29, 1.82) is 0 Å². The van der Waals surface area contributed by atoms with Gasteiger partial charge in [0.2, 0.25) is 0 Å². The molecule has 0 spiro atoms. The molecule has 7 aromatic rings. The van der Waals surface area contributed by atoms with Crippen molar-refractivity contribution in [1.82, 2.24) is 0 Å². The van der Waals surface area contributed by atoms with Crippen LogP contribution >= 0.6 is 0 Å². The predicted octanol–water partition coefficient (Wildman–Crippen LogP) is 14.4. The van der Waals surface area contributed by atoms with Crippen LogP contribution in [0.4, 0.5) is 34.1 Å². The second-order valence-corrected chi connectivity index (χ2v) is 14.8. The Balaban J connectivity index is 1.14. The first kappa shape index (κ1) is 42.9. The number of carbonyl (C=O) groups excluding carboxylic acids is 3. The van der Waals surface area contributed by atoms with Crippen LogP contribution in [-0.4, -0.2) is 17.9 Å². The Labute approximate surface area is 364 Å². The molecule has 12 heteroatoms. The van der Waals surface area contributed by atoms with E-state index in [1.807, 2.05) is 93.6 Å². The van der Waals surface area contributed by atoms with Gasteiger partial charge in [0.25, 0.3) is 0 Å². The summed E-state index contributed by atoms with van der Waals surface area (Å²) in [6.07, 6.45) is 0. The second kappa shape index (κ2) is 19.4. The van der Waals surface area contributed by atoms with E-state index < -0.39 is 17.9 Å². The summed E-state index contributed by atoms with van der Waals surface area (Å²) in [4.78, 5) is 41.4. The highest BCUT2D eigenvalue weighted by Crippen LogP contribution is 2.31. The average molecular weight is 835 g/mol. The number of azo groups is 3. The van der Waals surface area contributed by atoms with Crippen LogP contribution in [0.3, 0.4) is 0 Å². The normalized spacial score (nSPS) is 11.3. The molecule has 312 valence electrons. The molecule has 0 saturated heterocycles. The van der Waals surface area contributed by atoms with E-state index in [0.717, 1.165) is 33.8 Å². The fourth-order valence-electron chi connectivity index (χ4n) is 6.25. The Morgan fingerprint density at radius 3 is 0.841 bits per heavy atom. The molecule has 0 saturated carbocycles. The number of aryl methyl sites for hydroxylation is 6. The van der Waals surface area contributed by atoms with Crippen LogP contribution in [0.2, 0.25) is 0 Å². The van der Waals surface area contributed by atoms with E-state index in [0.29, 0.717) is 33.8 Å². The first-order chi connectivity index (χ1) is 30.4. The van der Waals surface area contributed by atoms with Crippen molar-refractivity contribution in [2.24, 2.45) is 30.7 Å². The molecule has 0 N–H and O–H groups in total. The Hall–Kier alpha value is -8.25. The van der Waals surface area contributed by atoms with E-state index >= 15 is 0 Å². The van der Waals surface area contributed by atoms with Crippen molar-refractivity contribution < 1.29 is 28.6 Å². The zero-order valence-electron chi connectivity index (χ0n) is 35.5. The number of hydrogen-bond acceptors (Lipinski definition) is 12. The van der Waals surface area contributed by atoms with Crippen LogP contribution in [0.1, 0.15) is 64.5 Å². The van der Waals surface area contributed by atoms with Gasteiger partial charge in [-0.25, -0.2) is 14.4 Å². The van der Waals surface area contributed by atoms with Crippen LogP contribution in [-0.2, 0) is 0 Å². The number of rotatable bonds is 12. The minimum absolute atomic E-state index is 0.0912. The standard InChI is InChI=1S/C51H42N6O6/c1-31-13-7-10-16-43(31)55-52-40-19-22-46(34(4)25-40)61-49(58)37-28-38(50(59)62-47-23-20-41(26-35(47)5)53-56-44-17-11-8-14-32(44)2)30-39(29-37)51(60)63-48-24-21-42(27-36(48)6)54-57-45-18-12-9-15-33(45)3/h7-30H,1-6H3. The lowest BCUT2D eigenvalue weighted by Crippen LogP contribution is -2.17. The van der Waals surface area contributed by atoms with E-state index in [1.165, 1.54) is 18.2 Å². The Bertz CT molecular complexity index is 2650. The van der Waals surface area contributed by atoms with Crippen molar-refractivity contribution in [2.75, 3.05) is 0 Å². The van der Waals surface area contributed by atoms with E-state index in [9.17, 15) is 14.4 Å². The number of nitrogens with zero attached hydrogens (tertiary/aromatic N) is 6. The number of ether oxygens (including phenoxy) is 3. The van der Waals surface area contributed by atoms with Gasteiger partial charge in [-0.1, -0.05) is 54.6 Å². The van der Waals surface area contributed by atoms with Gasteiger partial charge in [-0.15, -0.1) is 0 Å². The van der Waals surface area contributed by atoms with Crippen LogP contribution in [0.25, 0.3) is 0 Å². The maximum atomic E-state index is 13.8. The van der Waals surface area contributed by atoms with E-state index in [-0.39, 0.29) is 33.9 Å². The Kier molecular flexibility index (Phi) is 13.2. The summed E-state index contributed by atoms with van der Waals surface area (Å²) in [5.41, 5.74) is 8.36. The predicted molar refractivity (Wildman–Crippen MR) is 241 cm³/mol. The molecule has 0 aliphatic heterocycles. The summed E-state index contributed by atoms with van der Waals surface area (Å²) in [6, 6.07) is 41.8. The minimum Gasteiger partial charge on any atom is -0.423 e. The van der Waals surface area contributed by atoms with Crippen molar-refractivity contribution in [3.63, 3.8) is 0 Å². The summed E-state index contributed by atoms with van der Waals surface area (Å²) in [5.74, 6) is -1.73. The lowest BCUT2D eigenvalue weighted by atomic mass is 10.1. The largest absolute Gasteiger partial charge is 0.423 e. The third kappa shape index (κ3) is 10.9. The van der Waals surface area contributed by atoms with Gasteiger partial charge in [0.15, 0.2) is 0 Å². The fraction of sp³-hybridized carbons (Fsp3) is 0.118. The average Bonchev–Trinajstić information content (AvgIpc) is 3.27. The van der Waals surface area contributed by atoms with E-state index in [4.69, 9.17) is 14.2 Å². The molecule has 0 unspecified atom stereocenters. The molecule has 0 fully saturated rings. The second-order valence-electron chi connectivity index (χ2n) is 14.8. The molecule has 0 radical (unpaired) electrons. The third-order valence-electron chi connectivity index (χ3n) is 9.89. The van der Waals surface area contributed by atoms with Gasteiger partial charge >= 0.3 is 17.9 Å². The van der Waals surface area contributed by atoms with Gasteiger partial charge in [-0.2, -0.15) is 30.7 Å². The van der Waals surface area contributed by atoms with Crippen molar-refractivity contribution in [3.8, 4) is 17.2 Å². The van der Waals surface area contributed by atoms with E-state index in [2.05, 4.69) is 30.7 Å². The molecule has 0 amide bonds. The molecule has 0 atom stereocenters. The van der Waals surface area contributed by atoms with Crippen LogP contribution < -0.4 is 14.2 Å². The SMILES string of the molecule is Cc1ccccc1N=Nc1ccc(OC(=O)c2cc(C(=O)Oc3ccc(N=Nc4ccccc4C)cc3C)cc(C(=O)Oc3ccc(N=Nc4ccccc4C)cc3C)c2)c(C)c1. The van der Waals surface area contributed by atoms with Gasteiger partial charge in [0, 0.05) is 0 Å².